The lowest BCUT2D eigenvalue weighted by Crippen LogP contribution is -2.04. The van der Waals surface area contributed by atoms with Gasteiger partial charge in [0.2, 0.25) is 10.0 Å². The Morgan fingerprint density at radius 2 is 1.94 bits per heavy atom. The van der Waals surface area contributed by atoms with Crippen molar-refractivity contribution in [3.05, 3.63) is 34.2 Å². The molecule has 0 bridgehead atoms. The van der Waals surface area contributed by atoms with Crippen LogP contribution in [0.4, 0.5) is 0 Å². The number of ether oxygens (including phenoxy) is 2. The van der Waals surface area contributed by atoms with E-state index in [1.807, 2.05) is 0 Å². The van der Waals surface area contributed by atoms with Crippen molar-refractivity contribution in [3.63, 3.8) is 0 Å². The molecular formula is C10H13N3O4S. The maximum absolute atomic E-state index is 11.2. The Balaban J connectivity index is 2.84. The fraction of sp³-hybridized carbons (Fsp3) is 0.400. The predicted octanol–water partition coefficient (Wildman–Crippen LogP) is 1.89. The van der Waals surface area contributed by atoms with Crippen LogP contribution in [-0.2, 0) is 16.4 Å². The summed E-state index contributed by atoms with van der Waals surface area (Å²) in [4.78, 5) is 2.27. The molecule has 0 N–H and O–H groups in total. The van der Waals surface area contributed by atoms with Crippen LogP contribution in [0.1, 0.15) is 5.56 Å². The van der Waals surface area contributed by atoms with Crippen LogP contribution in [0.5, 0.6) is 11.5 Å². The lowest BCUT2D eigenvalue weighted by molar-refractivity contribution is 0.354. The zero-order valence-electron chi connectivity index (χ0n) is 10.0. The van der Waals surface area contributed by atoms with Crippen molar-refractivity contribution in [1.82, 2.24) is 0 Å². The third-order valence-corrected chi connectivity index (χ3v) is 3.30. The van der Waals surface area contributed by atoms with Gasteiger partial charge in [-0.05, 0) is 29.6 Å². The smallest absolute Gasteiger partial charge is 0.235 e. The number of aryl methyl sites for hydroxylation is 1. The zero-order chi connectivity index (χ0) is 13.6. The monoisotopic (exact) mass is 271 g/mol. The van der Waals surface area contributed by atoms with E-state index in [0.717, 1.165) is 5.56 Å². The van der Waals surface area contributed by atoms with Gasteiger partial charge in [-0.3, -0.25) is 0 Å². The highest BCUT2D eigenvalue weighted by molar-refractivity contribution is 7.89. The number of hydrogen-bond acceptors (Lipinski definition) is 4. The van der Waals surface area contributed by atoms with Crippen molar-refractivity contribution in [1.29, 1.82) is 0 Å². The molecule has 1 rings (SSSR count). The van der Waals surface area contributed by atoms with E-state index >= 15 is 0 Å². The van der Waals surface area contributed by atoms with Gasteiger partial charge in [0.1, 0.15) is 0 Å². The first-order valence-electron chi connectivity index (χ1n) is 5.02. The number of hydrogen-bond donors (Lipinski definition) is 0. The van der Waals surface area contributed by atoms with Crippen molar-refractivity contribution >= 4 is 10.0 Å². The van der Waals surface area contributed by atoms with E-state index in [-0.39, 0.29) is 12.2 Å². The lowest BCUT2D eigenvalue weighted by Gasteiger charge is -2.09. The summed E-state index contributed by atoms with van der Waals surface area (Å²) in [5.41, 5.74) is 8.85. The van der Waals surface area contributed by atoms with Crippen LogP contribution in [0.25, 0.3) is 10.4 Å². The van der Waals surface area contributed by atoms with Gasteiger partial charge in [0, 0.05) is 9.43 Å². The van der Waals surface area contributed by atoms with E-state index < -0.39 is 10.0 Å². The highest BCUT2D eigenvalue weighted by Gasteiger charge is 2.10. The van der Waals surface area contributed by atoms with Crippen LogP contribution in [0.15, 0.2) is 22.7 Å². The second-order valence-electron chi connectivity index (χ2n) is 3.40. The van der Waals surface area contributed by atoms with Gasteiger partial charge >= 0.3 is 0 Å². The van der Waals surface area contributed by atoms with E-state index in [1.165, 1.54) is 14.2 Å². The number of azide groups is 1. The van der Waals surface area contributed by atoms with Gasteiger partial charge in [0.25, 0.3) is 0 Å². The summed E-state index contributed by atoms with van der Waals surface area (Å²) in [5, 5.41) is 0. The lowest BCUT2D eigenvalue weighted by atomic mass is 10.1. The van der Waals surface area contributed by atoms with Crippen molar-refractivity contribution in [2.75, 3.05) is 20.0 Å². The van der Waals surface area contributed by atoms with Crippen LogP contribution in [0.3, 0.4) is 0 Å². The van der Waals surface area contributed by atoms with Crippen molar-refractivity contribution in [2.45, 2.75) is 6.42 Å². The van der Waals surface area contributed by atoms with Gasteiger partial charge in [0.05, 0.1) is 20.0 Å². The first-order valence-corrected chi connectivity index (χ1v) is 6.63. The molecule has 0 saturated heterocycles. The fourth-order valence-electron chi connectivity index (χ4n) is 1.38. The summed E-state index contributed by atoms with van der Waals surface area (Å²) in [7, 11) is -0.713. The highest BCUT2D eigenvalue weighted by atomic mass is 32.2. The minimum Gasteiger partial charge on any atom is -0.493 e. The average molecular weight is 271 g/mol. The molecule has 0 fully saturated rings. The Labute approximate surface area is 105 Å². The number of methoxy groups -OCH3 is 2. The maximum atomic E-state index is 11.2. The molecule has 0 aliphatic carbocycles. The van der Waals surface area contributed by atoms with Crippen molar-refractivity contribution < 1.29 is 17.9 Å². The first kappa shape index (κ1) is 14.1. The molecule has 0 radical (unpaired) electrons. The van der Waals surface area contributed by atoms with Gasteiger partial charge < -0.3 is 9.47 Å². The molecule has 0 spiro atoms. The third kappa shape index (κ3) is 3.83. The van der Waals surface area contributed by atoms with E-state index in [1.54, 1.807) is 18.2 Å². The quantitative estimate of drug-likeness (QED) is 0.447. The molecule has 0 aromatic heterocycles. The highest BCUT2D eigenvalue weighted by Crippen LogP contribution is 2.27. The molecule has 1 aromatic rings. The fourth-order valence-corrected chi connectivity index (χ4v) is 2.07. The van der Waals surface area contributed by atoms with Crippen molar-refractivity contribution in [3.8, 4) is 11.5 Å². The minimum atomic E-state index is -3.73. The second kappa shape index (κ2) is 6.13. The molecular weight excluding hydrogens is 258 g/mol. The van der Waals surface area contributed by atoms with Gasteiger partial charge in [-0.2, -0.15) is 0 Å². The van der Waals surface area contributed by atoms with E-state index in [9.17, 15) is 8.42 Å². The Kier molecular flexibility index (Phi) is 4.82. The SMILES string of the molecule is COc1ccc(CCS(=O)(=O)N=[N+]=[N-])cc1OC. The number of sulfonamides is 1. The largest absolute Gasteiger partial charge is 0.493 e. The van der Waals surface area contributed by atoms with E-state index in [0.29, 0.717) is 11.5 Å². The molecule has 0 amide bonds. The Bertz CT molecular complexity index is 564. The number of rotatable bonds is 6. The van der Waals surface area contributed by atoms with Crippen LogP contribution in [0, 0.1) is 0 Å². The molecule has 1 aromatic carbocycles. The van der Waals surface area contributed by atoms with Gasteiger partial charge in [-0.25, -0.2) is 8.42 Å². The van der Waals surface area contributed by atoms with E-state index in [4.69, 9.17) is 15.0 Å². The second-order valence-corrected chi connectivity index (χ2v) is 5.13. The Morgan fingerprint density at radius 1 is 1.28 bits per heavy atom. The third-order valence-electron chi connectivity index (χ3n) is 2.26. The average Bonchev–Trinajstić information content (AvgIpc) is 2.36. The van der Waals surface area contributed by atoms with Crippen LogP contribution in [-0.4, -0.2) is 28.4 Å². The topological polar surface area (TPSA) is 101 Å². The first-order chi connectivity index (χ1) is 8.52. The molecule has 98 valence electrons. The molecule has 7 nitrogen and oxygen atoms in total. The van der Waals surface area contributed by atoms with Crippen LogP contribution < -0.4 is 9.47 Å². The van der Waals surface area contributed by atoms with Crippen LogP contribution in [0.2, 0.25) is 0 Å². The predicted molar refractivity (Wildman–Crippen MR) is 66.2 cm³/mol. The maximum Gasteiger partial charge on any atom is 0.235 e. The summed E-state index contributed by atoms with van der Waals surface area (Å²) in [6.45, 7) is 0. The molecule has 0 heterocycles. The normalized spacial score (nSPS) is 10.6. The standard InChI is InChI=1S/C10H13N3O4S/c1-16-9-4-3-8(7-10(9)17-2)5-6-18(14,15)13-12-11/h3-4,7H,5-6H2,1-2H3. The summed E-state index contributed by atoms with van der Waals surface area (Å²) >= 11 is 0. The number of benzene rings is 1. The molecule has 0 aliphatic rings. The Morgan fingerprint density at radius 3 is 2.50 bits per heavy atom. The molecule has 0 aliphatic heterocycles. The zero-order valence-corrected chi connectivity index (χ0v) is 10.8. The summed E-state index contributed by atoms with van der Waals surface area (Å²) < 4.78 is 35.3. The molecule has 18 heavy (non-hydrogen) atoms. The minimum absolute atomic E-state index is 0.238. The number of nitrogens with zero attached hydrogens (tertiary/aromatic N) is 3. The van der Waals surface area contributed by atoms with Crippen molar-refractivity contribution in [2.24, 2.45) is 4.52 Å². The molecule has 0 unspecified atom stereocenters. The Hall–Kier alpha value is -1.92. The molecule has 8 heteroatoms. The summed E-state index contributed by atoms with van der Waals surface area (Å²) in [6, 6.07) is 5.10. The van der Waals surface area contributed by atoms with E-state index in [2.05, 4.69) is 9.43 Å². The van der Waals surface area contributed by atoms with Gasteiger partial charge in [0.15, 0.2) is 11.5 Å². The summed E-state index contributed by atoms with van der Waals surface area (Å²) in [6.07, 6.45) is 0.238. The molecule has 0 atom stereocenters. The molecule has 0 saturated carbocycles. The van der Waals surface area contributed by atoms with Crippen LogP contribution >= 0.6 is 0 Å². The van der Waals surface area contributed by atoms with Gasteiger partial charge in [-0.1, -0.05) is 6.07 Å². The summed E-state index contributed by atoms with van der Waals surface area (Å²) in [5.74, 6) is 0.849. The van der Waals surface area contributed by atoms with Gasteiger partial charge in [-0.15, -0.1) is 0 Å².